The molecule has 1 atom stereocenters. The van der Waals surface area contributed by atoms with Gasteiger partial charge in [0.1, 0.15) is 0 Å². The van der Waals surface area contributed by atoms with Crippen molar-refractivity contribution in [1.82, 2.24) is 0 Å². The molecule has 27 heavy (non-hydrogen) atoms. The molecule has 144 valence electrons. The van der Waals surface area contributed by atoms with Gasteiger partial charge in [-0.3, -0.25) is 4.79 Å². The van der Waals surface area contributed by atoms with Crippen LogP contribution in [-0.4, -0.2) is 31.2 Å². The monoisotopic (exact) mass is 411 g/mol. The van der Waals surface area contributed by atoms with E-state index < -0.39 is 18.0 Å². The third-order valence-electron chi connectivity index (χ3n) is 3.36. The number of para-hydroxylation sites is 2. The second-order valence-electron chi connectivity index (χ2n) is 5.41. The quantitative estimate of drug-likeness (QED) is 0.653. The van der Waals surface area contributed by atoms with E-state index >= 15 is 0 Å². The average molecular weight is 412 g/mol. The molecule has 0 aliphatic heterocycles. The maximum atomic E-state index is 12.2. The first kappa shape index (κ1) is 20.9. The van der Waals surface area contributed by atoms with E-state index in [1.807, 2.05) is 6.92 Å². The minimum Gasteiger partial charge on any atom is -0.490 e. The highest BCUT2D eigenvalue weighted by atomic mass is 35.5. The normalized spacial score (nSPS) is 11.4. The van der Waals surface area contributed by atoms with Crippen molar-refractivity contribution >= 4 is 40.8 Å². The molecule has 0 radical (unpaired) electrons. The van der Waals surface area contributed by atoms with E-state index in [2.05, 4.69) is 5.32 Å². The summed E-state index contributed by atoms with van der Waals surface area (Å²) >= 11 is 11.8. The zero-order valence-corrected chi connectivity index (χ0v) is 16.3. The number of esters is 1. The van der Waals surface area contributed by atoms with Crippen LogP contribution < -0.4 is 14.8 Å². The fourth-order valence-corrected chi connectivity index (χ4v) is 2.55. The topological polar surface area (TPSA) is 73.9 Å². The highest BCUT2D eigenvalue weighted by molar-refractivity contribution is 6.36. The van der Waals surface area contributed by atoms with Crippen molar-refractivity contribution in [3.63, 3.8) is 0 Å². The van der Waals surface area contributed by atoms with Crippen LogP contribution in [0.15, 0.2) is 42.5 Å². The lowest BCUT2D eigenvalue weighted by atomic mass is 10.3. The zero-order valence-electron chi connectivity index (χ0n) is 14.8. The molecule has 2 aromatic carbocycles. The minimum absolute atomic E-state index is 0.283. The van der Waals surface area contributed by atoms with Crippen LogP contribution in [0.4, 0.5) is 5.69 Å². The first-order valence-corrected chi connectivity index (χ1v) is 8.96. The number of benzene rings is 2. The zero-order chi connectivity index (χ0) is 19.8. The summed E-state index contributed by atoms with van der Waals surface area (Å²) in [7, 11) is 0. The Balaban J connectivity index is 1.87. The van der Waals surface area contributed by atoms with Gasteiger partial charge in [-0.25, -0.2) is 4.79 Å². The van der Waals surface area contributed by atoms with Gasteiger partial charge in [0.2, 0.25) is 0 Å². The summed E-state index contributed by atoms with van der Waals surface area (Å²) in [6.45, 7) is 3.40. The van der Waals surface area contributed by atoms with Gasteiger partial charge in [0.25, 0.3) is 5.91 Å². The van der Waals surface area contributed by atoms with Crippen molar-refractivity contribution < 1.29 is 23.8 Å². The smallest absolute Gasteiger partial charge is 0.344 e. The summed E-state index contributed by atoms with van der Waals surface area (Å²) in [6.07, 6.45) is -1.03. The first-order valence-electron chi connectivity index (χ1n) is 8.20. The maximum Gasteiger partial charge on any atom is 0.344 e. The Hall–Kier alpha value is -2.44. The lowest BCUT2D eigenvalue weighted by Crippen LogP contribution is -2.31. The second kappa shape index (κ2) is 10.0. The molecular formula is C19H19Cl2NO5. The van der Waals surface area contributed by atoms with Crippen molar-refractivity contribution in [1.29, 1.82) is 0 Å². The number of ether oxygens (including phenoxy) is 3. The van der Waals surface area contributed by atoms with Crippen LogP contribution in [0.3, 0.4) is 0 Å². The minimum atomic E-state index is -1.03. The Labute approximate surface area is 167 Å². The molecule has 2 aromatic rings. The van der Waals surface area contributed by atoms with E-state index in [9.17, 15) is 9.59 Å². The summed E-state index contributed by atoms with van der Waals surface area (Å²) in [6, 6.07) is 11.6. The molecule has 0 aliphatic rings. The van der Waals surface area contributed by atoms with Crippen molar-refractivity contribution in [2.45, 2.75) is 20.0 Å². The number of carbonyl (C=O) groups excluding carboxylic acids is 2. The third-order valence-corrected chi connectivity index (χ3v) is 3.91. The summed E-state index contributed by atoms with van der Waals surface area (Å²) in [5.74, 6) is -0.272. The Kier molecular flexibility index (Phi) is 7.76. The van der Waals surface area contributed by atoms with E-state index in [1.54, 1.807) is 36.4 Å². The molecule has 0 saturated carbocycles. The molecular weight excluding hydrogens is 393 g/mol. The molecule has 8 heteroatoms. The standard InChI is InChI=1S/C19H19Cl2NO5/c1-3-25-16-6-4-5-7-17(16)26-11-18(23)27-12(2)19(24)22-15-9-8-13(20)10-14(15)21/h4-10,12H,3,11H2,1-2H3,(H,22,24). The predicted molar refractivity (Wildman–Crippen MR) is 104 cm³/mol. The largest absolute Gasteiger partial charge is 0.490 e. The van der Waals surface area contributed by atoms with Crippen LogP contribution in [0.25, 0.3) is 0 Å². The lowest BCUT2D eigenvalue weighted by molar-refractivity contribution is -0.155. The summed E-state index contributed by atoms with van der Waals surface area (Å²) in [5.41, 5.74) is 0.371. The molecule has 0 spiro atoms. The van der Waals surface area contributed by atoms with Crippen molar-refractivity contribution in [3.05, 3.63) is 52.5 Å². The summed E-state index contributed by atoms with van der Waals surface area (Å²) in [5, 5.41) is 3.30. The van der Waals surface area contributed by atoms with Gasteiger partial charge in [-0.05, 0) is 44.2 Å². The molecule has 0 aromatic heterocycles. The molecule has 0 aliphatic carbocycles. The number of amides is 1. The van der Waals surface area contributed by atoms with Gasteiger partial charge in [0.05, 0.1) is 17.3 Å². The van der Waals surface area contributed by atoms with Crippen molar-refractivity contribution in [3.8, 4) is 11.5 Å². The average Bonchev–Trinajstić information content (AvgIpc) is 2.63. The van der Waals surface area contributed by atoms with E-state index in [-0.39, 0.29) is 11.6 Å². The molecule has 1 amide bonds. The van der Waals surface area contributed by atoms with Crippen molar-refractivity contribution in [2.24, 2.45) is 0 Å². The lowest BCUT2D eigenvalue weighted by Gasteiger charge is -2.15. The van der Waals surface area contributed by atoms with E-state index in [4.69, 9.17) is 37.4 Å². The highest BCUT2D eigenvalue weighted by Gasteiger charge is 2.19. The highest BCUT2D eigenvalue weighted by Crippen LogP contribution is 2.27. The van der Waals surface area contributed by atoms with E-state index in [0.29, 0.717) is 28.8 Å². The van der Waals surface area contributed by atoms with Crippen molar-refractivity contribution in [2.75, 3.05) is 18.5 Å². The number of hydrogen-bond acceptors (Lipinski definition) is 5. The SMILES string of the molecule is CCOc1ccccc1OCC(=O)OC(C)C(=O)Nc1ccc(Cl)cc1Cl. The van der Waals surface area contributed by atoms with Gasteiger partial charge >= 0.3 is 5.97 Å². The van der Waals surface area contributed by atoms with Crippen LogP contribution in [0.1, 0.15) is 13.8 Å². The van der Waals surface area contributed by atoms with Gasteiger partial charge in [-0.2, -0.15) is 0 Å². The number of rotatable bonds is 8. The Morgan fingerprint density at radius 2 is 1.74 bits per heavy atom. The number of anilines is 1. The first-order chi connectivity index (χ1) is 12.9. The molecule has 0 fully saturated rings. The van der Waals surface area contributed by atoms with Gasteiger partial charge in [0.15, 0.2) is 24.2 Å². The van der Waals surface area contributed by atoms with Crippen LogP contribution in [0.2, 0.25) is 10.0 Å². The van der Waals surface area contributed by atoms with Gasteiger partial charge in [-0.1, -0.05) is 35.3 Å². The molecule has 2 rings (SSSR count). The number of halogens is 2. The number of nitrogens with one attached hydrogen (secondary N) is 1. The Morgan fingerprint density at radius 3 is 2.37 bits per heavy atom. The summed E-state index contributed by atoms with van der Waals surface area (Å²) in [4.78, 5) is 24.1. The molecule has 0 saturated heterocycles. The number of carbonyl (C=O) groups is 2. The van der Waals surface area contributed by atoms with Gasteiger partial charge in [0, 0.05) is 5.02 Å². The molecule has 6 nitrogen and oxygen atoms in total. The van der Waals surface area contributed by atoms with Crippen LogP contribution >= 0.6 is 23.2 Å². The third kappa shape index (κ3) is 6.34. The Morgan fingerprint density at radius 1 is 1.07 bits per heavy atom. The fourth-order valence-electron chi connectivity index (χ4n) is 2.09. The Bertz CT molecular complexity index is 812. The summed E-state index contributed by atoms with van der Waals surface area (Å²) < 4.78 is 15.9. The number of hydrogen-bond donors (Lipinski definition) is 1. The fraction of sp³-hybridized carbons (Fsp3) is 0.263. The maximum absolute atomic E-state index is 12.2. The van der Waals surface area contributed by atoms with Crippen LogP contribution in [-0.2, 0) is 14.3 Å². The van der Waals surface area contributed by atoms with Gasteiger partial charge in [-0.15, -0.1) is 0 Å². The van der Waals surface area contributed by atoms with Gasteiger partial charge < -0.3 is 19.5 Å². The van der Waals surface area contributed by atoms with E-state index in [0.717, 1.165) is 0 Å². The molecule has 0 bridgehead atoms. The predicted octanol–water partition coefficient (Wildman–Crippen LogP) is 4.34. The molecule has 1 N–H and O–H groups in total. The van der Waals surface area contributed by atoms with Crippen LogP contribution in [0.5, 0.6) is 11.5 Å². The second-order valence-corrected chi connectivity index (χ2v) is 6.26. The van der Waals surface area contributed by atoms with Crippen LogP contribution in [0, 0.1) is 0 Å². The molecule has 0 heterocycles. The van der Waals surface area contributed by atoms with E-state index in [1.165, 1.54) is 13.0 Å². The molecule has 1 unspecified atom stereocenters.